The zero-order valence-electron chi connectivity index (χ0n) is 18.1. The Morgan fingerprint density at radius 1 is 1.24 bits per heavy atom. The van der Waals surface area contributed by atoms with E-state index < -0.39 is 0 Å². The number of carbonyl (C=O) groups is 1. The van der Waals surface area contributed by atoms with E-state index in [1.54, 1.807) is 17.4 Å². The number of aryl methyl sites for hydroxylation is 1. The molecule has 1 aliphatic carbocycles. The SMILES string of the molecule is C=CCn1c(SCC(=O)Nc2sc3c(c2C#N)CCCCCC3)nnc1-c1ccc(Br)cc1. The summed E-state index contributed by atoms with van der Waals surface area (Å²) in [7, 11) is 0. The first-order chi connectivity index (χ1) is 16.1. The van der Waals surface area contributed by atoms with Gasteiger partial charge in [0.25, 0.3) is 0 Å². The summed E-state index contributed by atoms with van der Waals surface area (Å²) in [6.07, 6.45) is 8.36. The van der Waals surface area contributed by atoms with E-state index in [4.69, 9.17) is 0 Å². The molecule has 33 heavy (non-hydrogen) atoms. The molecule has 0 unspecified atom stereocenters. The van der Waals surface area contributed by atoms with Crippen molar-refractivity contribution in [2.45, 2.75) is 50.2 Å². The number of fused-ring (bicyclic) bond motifs is 1. The van der Waals surface area contributed by atoms with Crippen molar-refractivity contribution in [1.82, 2.24) is 14.8 Å². The summed E-state index contributed by atoms with van der Waals surface area (Å²) in [5.41, 5.74) is 2.72. The molecule has 1 amide bonds. The van der Waals surface area contributed by atoms with Crippen molar-refractivity contribution < 1.29 is 4.79 Å². The minimum absolute atomic E-state index is 0.149. The number of thiophene rings is 1. The Balaban J connectivity index is 1.47. The maximum absolute atomic E-state index is 12.8. The summed E-state index contributed by atoms with van der Waals surface area (Å²) in [5.74, 6) is 0.766. The summed E-state index contributed by atoms with van der Waals surface area (Å²) >= 11 is 6.34. The first-order valence-corrected chi connectivity index (χ1v) is 13.5. The Morgan fingerprint density at radius 2 is 2.00 bits per heavy atom. The number of nitriles is 1. The maximum atomic E-state index is 12.8. The lowest BCUT2D eigenvalue weighted by atomic mass is 9.97. The second-order valence-electron chi connectivity index (χ2n) is 7.78. The topological polar surface area (TPSA) is 83.6 Å². The van der Waals surface area contributed by atoms with Crippen LogP contribution in [0.4, 0.5) is 5.00 Å². The molecule has 2 heterocycles. The van der Waals surface area contributed by atoms with Crippen LogP contribution >= 0.6 is 39.0 Å². The fourth-order valence-electron chi connectivity index (χ4n) is 3.92. The first-order valence-electron chi connectivity index (χ1n) is 10.9. The van der Waals surface area contributed by atoms with Crippen LogP contribution in [0.2, 0.25) is 0 Å². The molecule has 3 aromatic rings. The monoisotopic (exact) mass is 541 g/mol. The molecular formula is C24H24BrN5OS2. The minimum Gasteiger partial charge on any atom is -0.316 e. The summed E-state index contributed by atoms with van der Waals surface area (Å²) in [6, 6.07) is 10.2. The number of amides is 1. The zero-order chi connectivity index (χ0) is 23.2. The minimum atomic E-state index is -0.149. The molecule has 1 N–H and O–H groups in total. The average Bonchev–Trinajstić information content (AvgIpc) is 3.33. The van der Waals surface area contributed by atoms with E-state index in [2.05, 4.69) is 44.1 Å². The molecule has 0 aliphatic heterocycles. The van der Waals surface area contributed by atoms with Crippen LogP contribution in [0.5, 0.6) is 0 Å². The number of hydrogen-bond donors (Lipinski definition) is 1. The number of benzene rings is 1. The Morgan fingerprint density at radius 3 is 2.73 bits per heavy atom. The largest absolute Gasteiger partial charge is 0.316 e. The third-order valence-corrected chi connectivity index (χ3v) is 8.20. The van der Waals surface area contributed by atoms with E-state index >= 15 is 0 Å². The molecule has 1 aliphatic rings. The molecule has 0 radical (unpaired) electrons. The average molecular weight is 543 g/mol. The van der Waals surface area contributed by atoms with Crippen LogP contribution in [0.1, 0.15) is 41.7 Å². The molecule has 4 rings (SSSR count). The van der Waals surface area contributed by atoms with Gasteiger partial charge in [0.15, 0.2) is 11.0 Å². The van der Waals surface area contributed by atoms with Gasteiger partial charge in [-0.05, 0) is 43.4 Å². The van der Waals surface area contributed by atoms with Gasteiger partial charge in [0.05, 0.1) is 11.3 Å². The van der Waals surface area contributed by atoms with Gasteiger partial charge in [-0.2, -0.15) is 5.26 Å². The van der Waals surface area contributed by atoms with Crippen LogP contribution < -0.4 is 5.32 Å². The maximum Gasteiger partial charge on any atom is 0.235 e. The van der Waals surface area contributed by atoms with Crippen LogP contribution in [-0.2, 0) is 24.2 Å². The molecule has 0 saturated heterocycles. The van der Waals surface area contributed by atoms with Crippen molar-refractivity contribution in [3.8, 4) is 17.5 Å². The quantitative estimate of drug-likeness (QED) is 0.283. The lowest BCUT2D eigenvalue weighted by molar-refractivity contribution is -0.113. The first kappa shape index (κ1) is 23.7. The van der Waals surface area contributed by atoms with Gasteiger partial charge in [0, 0.05) is 21.5 Å². The van der Waals surface area contributed by atoms with E-state index in [-0.39, 0.29) is 11.7 Å². The van der Waals surface area contributed by atoms with Crippen LogP contribution in [0.15, 0.2) is 46.5 Å². The molecule has 1 aromatic carbocycles. The second-order valence-corrected chi connectivity index (χ2v) is 10.7. The molecule has 170 valence electrons. The van der Waals surface area contributed by atoms with Crippen molar-refractivity contribution >= 4 is 49.9 Å². The van der Waals surface area contributed by atoms with Gasteiger partial charge in [0.1, 0.15) is 11.1 Å². The number of aromatic nitrogens is 3. The van der Waals surface area contributed by atoms with E-state index in [9.17, 15) is 10.1 Å². The van der Waals surface area contributed by atoms with Gasteiger partial charge in [-0.15, -0.1) is 28.1 Å². The van der Waals surface area contributed by atoms with E-state index in [0.29, 0.717) is 22.3 Å². The van der Waals surface area contributed by atoms with Crippen LogP contribution in [-0.4, -0.2) is 26.4 Å². The summed E-state index contributed by atoms with van der Waals surface area (Å²) in [5, 5.41) is 22.7. The zero-order valence-corrected chi connectivity index (χ0v) is 21.4. The number of nitrogens with zero attached hydrogens (tertiary/aromatic N) is 4. The molecule has 9 heteroatoms. The molecule has 0 bridgehead atoms. The van der Waals surface area contributed by atoms with Gasteiger partial charge >= 0.3 is 0 Å². The molecule has 2 aromatic heterocycles. The summed E-state index contributed by atoms with van der Waals surface area (Å²) in [4.78, 5) is 14.0. The molecule has 0 saturated carbocycles. The Hall–Kier alpha value is -2.41. The summed E-state index contributed by atoms with van der Waals surface area (Å²) in [6.45, 7) is 4.38. The van der Waals surface area contributed by atoms with Crippen molar-refractivity contribution in [1.29, 1.82) is 5.26 Å². The Labute approximate surface area is 210 Å². The fraction of sp³-hybridized carbons (Fsp3) is 0.333. The highest BCUT2D eigenvalue weighted by Crippen LogP contribution is 2.36. The van der Waals surface area contributed by atoms with Crippen LogP contribution in [0, 0.1) is 11.3 Å². The number of hydrogen-bond acceptors (Lipinski definition) is 6. The van der Waals surface area contributed by atoms with Gasteiger partial charge in [-0.25, -0.2) is 0 Å². The van der Waals surface area contributed by atoms with Gasteiger partial charge < -0.3 is 5.32 Å². The molecule has 0 spiro atoms. The van der Waals surface area contributed by atoms with Gasteiger partial charge in [-0.3, -0.25) is 9.36 Å². The van der Waals surface area contributed by atoms with E-state index in [0.717, 1.165) is 47.1 Å². The molecule has 0 atom stereocenters. The third kappa shape index (κ3) is 5.57. The third-order valence-electron chi connectivity index (χ3n) is 5.50. The van der Waals surface area contributed by atoms with Crippen molar-refractivity contribution in [3.05, 3.63) is 57.4 Å². The molecular weight excluding hydrogens is 518 g/mol. The molecule has 6 nitrogen and oxygen atoms in total. The molecule has 0 fully saturated rings. The fourth-order valence-corrected chi connectivity index (χ4v) is 6.19. The van der Waals surface area contributed by atoms with Crippen LogP contribution in [0.3, 0.4) is 0 Å². The van der Waals surface area contributed by atoms with E-state index in [1.165, 1.54) is 29.5 Å². The number of anilines is 1. The van der Waals surface area contributed by atoms with Crippen molar-refractivity contribution in [2.24, 2.45) is 0 Å². The smallest absolute Gasteiger partial charge is 0.235 e. The lowest BCUT2D eigenvalue weighted by Gasteiger charge is -2.09. The highest BCUT2D eigenvalue weighted by atomic mass is 79.9. The van der Waals surface area contributed by atoms with Gasteiger partial charge in [0.2, 0.25) is 5.91 Å². The highest BCUT2D eigenvalue weighted by Gasteiger charge is 2.21. The summed E-state index contributed by atoms with van der Waals surface area (Å²) < 4.78 is 2.94. The number of allylic oxidation sites excluding steroid dienone is 1. The normalized spacial score (nSPS) is 13.5. The number of thioether (sulfide) groups is 1. The van der Waals surface area contributed by atoms with Crippen molar-refractivity contribution in [3.63, 3.8) is 0 Å². The number of carbonyl (C=O) groups excluding carboxylic acids is 1. The lowest BCUT2D eigenvalue weighted by Crippen LogP contribution is -2.14. The Bertz CT molecular complexity index is 1190. The Kier molecular flexibility index (Phi) is 8.02. The number of rotatable bonds is 7. The van der Waals surface area contributed by atoms with E-state index in [1.807, 2.05) is 28.8 Å². The highest BCUT2D eigenvalue weighted by molar-refractivity contribution is 9.10. The number of nitrogens with one attached hydrogen (secondary N) is 1. The predicted molar refractivity (Wildman–Crippen MR) is 138 cm³/mol. The van der Waals surface area contributed by atoms with Crippen LogP contribution in [0.25, 0.3) is 11.4 Å². The van der Waals surface area contributed by atoms with Gasteiger partial charge in [-0.1, -0.05) is 58.7 Å². The van der Waals surface area contributed by atoms with Crippen molar-refractivity contribution in [2.75, 3.05) is 11.1 Å². The standard InChI is InChI=1S/C24H24BrN5OS2/c1-2-13-30-22(16-9-11-17(25)12-10-16)28-29-24(30)32-15-21(31)27-23-19(14-26)18-7-5-3-4-6-8-20(18)33-23/h2,9-12H,1,3-8,13,15H2,(H,27,31). The predicted octanol–water partition coefficient (Wildman–Crippen LogP) is 6.22. The number of halogens is 1. The second kappa shape index (κ2) is 11.1.